The van der Waals surface area contributed by atoms with Gasteiger partial charge in [0, 0.05) is 38.2 Å². The number of hydrogen-bond acceptors (Lipinski definition) is 3. The number of rotatable bonds is 8. The van der Waals surface area contributed by atoms with Gasteiger partial charge in [-0.2, -0.15) is 0 Å². The van der Waals surface area contributed by atoms with Crippen molar-refractivity contribution < 1.29 is 4.74 Å². The van der Waals surface area contributed by atoms with Gasteiger partial charge >= 0.3 is 0 Å². The molecule has 0 aromatic carbocycles. The molecule has 0 amide bonds. The summed E-state index contributed by atoms with van der Waals surface area (Å²) in [5.41, 5.74) is 0.387. The van der Waals surface area contributed by atoms with E-state index in [1.807, 2.05) is 0 Å². The van der Waals surface area contributed by atoms with Crippen molar-refractivity contribution in [3.8, 4) is 0 Å². The van der Waals surface area contributed by atoms with E-state index in [-0.39, 0.29) is 0 Å². The summed E-state index contributed by atoms with van der Waals surface area (Å²) in [6.07, 6.45) is 7.11. The fourth-order valence-corrected chi connectivity index (χ4v) is 3.35. The monoisotopic (exact) mass is 252 g/mol. The largest absolute Gasteiger partial charge is 0.381 e. The van der Waals surface area contributed by atoms with Gasteiger partial charge in [0.1, 0.15) is 0 Å². The molecular weight excluding hydrogens is 224 g/mol. The first kappa shape index (κ1) is 12.9. The molecular formula is C15H28N2O. The van der Waals surface area contributed by atoms with Crippen molar-refractivity contribution in [1.82, 2.24) is 10.2 Å². The molecule has 3 aliphatic rings. The van der Waals surface area contributed by atoms with E-state index in [4.69, 9.17) is 4.74 Å². The van der Waals surface area contributed by atoms with Crippen molar-refractivity contribution in [2.24, 2.45) is 17.3 Å². The molecule has 0 aromatic heterocycles. The third-order valence-electron chi connectivity index (χ3n) is 4.72. The van der Waals surface area contributed by atoms with E-state index in [0.717, 1.165) is 31.6 Å². The predicted octanol–water partition coefficient (Wildman–Crippen LogP) is 1.73. The lowest BCUT2D eigenvalue weighted by atomic mass is 9.86. The average molecular weight is 252 g/mol. The Morgan fingerprint density at radius 1 is 1.17 bits per heavy atom. The van der Waals surface area contributed by atoms with Crippen LogP contribution in [-0.4, -0.2) is 51.3 Å². The lowest BCUT2D eigenvalue weighted by molar-refractivity contribution is 0.104. The van der Waals surface area contributed by atoms with Crippen molar-refractivity contribution in [3.63, 3.8) is 0 Å². The minimum Gasteiger partial charge on any atom is -0.381 e. The fraction of sp³-hybridized carbons (Fsp3) is 1.00. The molecule has 3 heteroatoms. The van der Waals surface area contributed by atoms with Crippen molar-refractivity contribution in [1.29, 1.82) is 0 Å². The molecule has 2 saturated carbocycles. The van der Waals surface area contributed by atoms with Crippen LogP contribution in [0.2, 0.25) is 0 Å². The summed E-state index contributed by atoms with van der Waals surface area (Å²) in [7, 11) is 2.08. The molecule has 1 saturated heterocycles. The van der Waals surface area contributed by atoms with Crippen molar-refractivity contribution in [2.45, 2.75) is 32.1 Å². The van der Waals surface area contributed by atoms with Crippen LogP contribution in [0.1, 0.15) is 32.1 Å². The Bertz CT molecular complexity index is 254. The van der Waals surface area contributed by atoms with Gasteiger partial charge in [-0.15, -0.1) is 0 Å². The molecule has 1 aliphatic heterocycles. The van der Waals surface area contributed by atoms with Crippen LogP contribution in [-0.2, 0) is 4.74 Å². The molecule has 3 rings (SSSR count). The second-order valence-electron chi connectivity index (χ2n) is 6.91. The first-order valence-corrected chi connectivity index (χ1v) is 7.74. The maximum Gasteiger partial charge on any atom is 0.0547 e. The number of ether oxygens (including phenoxy) is 1. The summed E-state index contributed by atoms with van der Waals surface area (Å²) >= 11 is 0. The minimum absolute atomic E-state index is 0.387. The normalized spacial score (nSPS) is 32.3. The summed E-state index contributed by atoms with van der Waals surface area (Å²) in [6, 6.07) is 0. The first-order chi connectivity index (χ1) is 8.80. The summed E-state index contributed by atoms with van der Waals surface area (Å²) in [5, 5.41) is 3.39. The van der Waals surface area contributed by atoms with Gasteiger partial charge in [-0.1, -0.05) is 0 Å². The summed E-state index contributed by atoms with van der Waals surface area (Å²) in [6.45, 7) is 6.98. The standard InChI is InChI=1S/C15H28N2O/c1-16-10-15(6-7-18-12-15)11-17(8-13-2-3-13)9-14-4-5-14/h13-14,16H,2-12H2,1H3. The van der Waals surface area contributed by atoms with Gasteiger partial charge < -0.3 is 15.0 Å². The van der Waals surface area contributed by atoms with Gasteiger partial charge in [-0.3, -0.25) is 0 Å². The predicted molar refractivity (Wildman–Crippen MR) is 73.7 cm³/mol. The van der Waals surface area contributed by atoms with E-state index < -0.39 is 0 Å². The van der Waals surface area contributed by atoms with Crippen molar-refractivity contribution in [2.75, 3.05) is 46.4 Å². The van der Waals surface area contributed by atoms with E-state index in [2.05, 4.69) is 17.3 Å². The molecule has 1 heterocycles. The average Bonchev–Trinajstić information content (AvgIpc) is 3.24. The van der Waals surface area contributed by atoms with Gasteiger partial charge in [0.2, 0.25) is 0 Å². The molecule has 0 bridgehead atoms. The zero-order chi connectivity index (χ0) is 12.4. The molecule has 1 atom stereocenters. The summed E-state index contributed by atoms with van der Waals surface area (Å²) in [4.78, 5) is 2.77. The Labute approximate surface area is 111 Å². The van der Waals surface area contributed by atoms with Gasteiger partial charge in [0.05, 0.1) is 6.61 Å². The topological polar surface area (TPSA) is 24.5 Å². The van der Waals surface area contributed by atoms with Crippen molar-refractivity contribution in [3.05, 3.63) is 0 Å². The van der Waals surface area contributed by atoms with E-state index in [0.29, 0.717) is 5.41 Å². The molecule has 0 radical (unpaired) electrons. The van der Waals surface area contributed by atoms with Gasteiger partial charge in [0.25, 0.3) is 0 Å². The zero-order valence-corrected chi connectivity index (χ0v) is 11.8. The van der Waals surface area contributed by atoms with Crippen LogP contribution in [0.5, 0.6) is 0 Å². The minimum atomic E-state index is 0.387. The number of nitrogens with one attached hydrogen (secondary N) is 1. The molecule has 0 aromatic rings. The highest BCUT2D eigenvalue weighted by molar-refractivity contribution is 4.91. The van der Waals surface area contributed by atoms with Crippen LogP contribution in [0, 0.1) is 17.3 Å². The maximum atomic E-state index is 5.69. The Morgan fingerprint density at radius 2 is 1.83 bits per heavy atom. The second kappa shape index (κ2) is 5.48. The SMILES string of the molecule is CNCC1(CN(CC2CC2)CC2CC2)CCOC1. The first-order valence-electron chi connectivity index (χ1n) is 7.74. The highest BCUT2D eigenvalue weighted by Gasteiger charge is 2.38. The number of nitrogens with zero attached hydrogens (tertiary/aromatic N) is 1. The second-order valence-corrected chi connectivity index (χ2v) is 6.91. The van der Waals surface area contributed by atoms with E-state index in [1.165, 1.54) is 51.7 Å². The third-order valence-corrected chi connectivity index (χ3v) is 4.72. The Balaban J connectivity index is 1.57. The third kappa shape index (κ3) is 3.46. The van der Waals surface area contributed by atoms with Crippen LogP contribution in [0.3, 0.4) is 0 Å². The Hall–Kier alpha value is -0.120. The van der Waals surface area contributed by atoms with Crippen LogP contribution < -0.4 is 5.32 Å². The van der Waals surface area contributed by atoms with Gasteiger partial charge in [-0.25, -0.2) is 0 Å². The van der Waals surface area contributed by atoms with E-state index in [9.17, 15) is 0 Å². The van der Waals surface area contributed by atoms with Gasteiger partial charge in [-0.05, 0) is 51.0 Å². The molecule has 18 heavy (non-hydrogen) atoms. The summed E-state index contributed by atoms with van der Waals surface area (Å²) < 4.78 is 5.69. The summed E-state index contributed by atoms with van der Waals surface area (Å²) in [5.74, 6) is 2.02. The van der Waals surface area contributed by atoms with Crippen LogP contribution in [0.15, 0.2) is 0 Å². The number of hydrogen-bond donors (Lipinski definition) is 1. The molecule has 2 aliphatic carbocycles. The molecule has 3 nitrogen and oxygen atoms in total. The van der Waals surface area contributed by atoms with Crippen LogP contribution >= 0.6 is 0 Å². The smallest absolute Gasteiger partial charge is 0.0547 e. The fourth-order valence-electron chi connectivity index (χ4n) is 3.35. The van der Waals surface area contributed by atoms with E-state index in [1.54, 1.807) is 0 Å². The molecule has 1 N–H and O–H groups in total. The van der Waals surface area contributed by atoms with Gasteiger partial charge in [0.15, 0.2) is 0 Å². The quantitative estimate of drug-likeness (QED) is 0.712. The Morgan fingerprint density at radius 3 is 2.28 bits per heavy atom. The lowest BCUT2D eigenvalue weighted by Gasteiger charge is -2.34. The highest BCUT2D eigenvalue weighted by atomic mass is 16.5. The zero-order valence-electron chi connectivity index (χ0n) is 11.8. The molecule has 0 spiro atoms. The molecule has 104 valence electrons. The maximum absolute atomic E-state index is 5.69. The lowest BCUT2D eigenvalue weighted by Crippen LogP contribution is -2.45. The van der Waals surface area contributed by atoms with Crippen LogP contribution in [0.25, 0.3) is 0 Å². The molecule has 3 fully saturated rings. The van der Waals surface area contributed by atoms with Crippen molar-refractivity contribution >= 4 is 0 Å². The Kier molecular flexibility index (Phi) is 3.92. The molecule has 1 unspecified atom stereocenters. The van der Waals surface area contributed by atoms with E-state index >= 15 is 0 Å². The highest BCUT2D eigenvalue weighted by Crippen LogP contribution is 2.36. The van der Waals surface area contributed by atoms with Crippen LogP contribution in [0.4, 0.5) is 0 Å².